The number of nitrogens with two attached hydrogens (primary N) is 1. The summed E-state index contributed by atoms with van der Waals surface area (Å²) < 4.78 is 24.2. The van der Waals surface area contributed by atoms with E-state index in [4.69, 9.17) is 15.2 Å². The van der Waals surface area contributed by atoms with Crippen LogP contribution < -0.4 is 10.6 Å². The second kappa shape index (κ2) is 9.73. The number of rotatable bonds is 7. The highest BCUT2D eigenvalue weighted by atomic mass is 19.1. The molecule has 0 aliphatic carbocycles. The molecule has 0 saturated carbocycles. The number of piperazine rings is 1. The number of nitrogens with zero attached hydrogens (tertiary/aromatic N) is 3. The Morgan fingerprint density at radius 3 is 2.69 bits per heavy atom. The van der Waals surface area contributed by atoms with Gasteiger partial charge in [-0.2, -0.15) is 0 Å². The molecule has 2 N–H and O–H groups in total. The van der Waals surface area contributed by atoms with Crippen LogP contribution in [0.2, 0.25) is 0 Å². The minimum absolute atomic E-state index is 0.205. The predicted molar refractivity (Wildman–Crippen MR) is 101 cm³/mol. The summed E-state index contributed by atoms with van der Waals surface area (Å²) in [5.74, 6) is 0.395. The van der Waals surface area contributed by atoms with Crippen LogP contribution in [-0.4, -0.2) is 69.5 Å². The molecule has 2 aliphatic heterocycles. The molecule has 1 aromatic carbocycles. The fourth-order valence-electron chi connectivity index (χ4n) is 3.30. The molecule has 3 rings (SSSR count). The number of aliphatic imine (C=N–C) groups is 1. The number of guanidine groups is 1. The van der Waals surface area contributed by atoms with E-state index in [0.717, 1.165) is 57.7 Å². The van der Waals surface area contributed by atoms with Gasteiger partial charge in [0.1, 0.15) is 5.82 Å². The SMILES string of the molecule is NC(=NCCCOCC1CCCO1)N1CCN(c2ccc(F)cc2)CC1. The maximum absolute atomic E-state index is 13.0. The van der Waals surface area contributed by atoms with Gasteiger partial charge in [-0.15, -0.1) is 0 Å². The van der Waals surface area contributed by atoms with E-state index in [9.17, 15) is 4.39 Å². The zero-order chi connectivity index (χ0) is 18.2. The molecule has 144 valence electrons. The Labute approximate surface area is 154 Å². The quantitative estimate of drug-likeness (QED) is 0.454. The third-order valence-corrected chi connectivity index (χ3v) is 4.84. The number of ether oxygens (including phenoxy) is 2. The van der Waals surface area contributed by atoms with Gasteiger partial charge >= 0.3 is 0 Å². The molecule has 0 radical (unpaired) electrons. The number of hydrogen-bond donors (Lipinski definition) is 1. The Morgan fingerprint density at radius 2 is 2.00 bits per heavy atom. The molecule has 2 fully saturated rings. The van der Waals surface area contributed by atoms with Crippen molar-refractivity contribution in [3.63, 3.8) is 0 Å². The molecule has 2 heterocycles. The third-order valence-electron chi connectivity index (χ3n) is 4.84. The topological polar surface area (TPSA) is 63.3 Å². The fourth-order valence-corrected chi connectivity index (χ4v) is 3.30. The van der Waals surface area contributed by atoms with E-state index in [1.807, 2.05) is 12.1 Å². The lowest BCUT2D eigenvalue weighted by atomic mass is 10.2. The van der Waals surface area contributed by atoms with E-state index in [1.54, 1.807) is 0 Å². The van der Waals surface area contributed by atoms with Crippen molar-refractivity contribution in [2.75, 3.05) is 57.4 Å². The number of halogens is 1. The molecule has 0 aromatic heterocycles. The van der Waals surface area contributed by atoms with Crippen molar-refractivity contribution in [1.29, 1.82) is 0 Å². The molecule has 1 unspecified atom stereocenters. The molecule has 1 atom stereocenters. The maximum atomic E-state index is 13.0. The average Bonchev–Trinajstić information content (AvgIpc) is 3.19. The lowest BCUT2D eigenvalue weighted by molar-refractivity contribution is 0.0170. The fraction of sp³-hybridized carbons (Fsp3) is 0.632. The number of hydrogen-bond acceptors (Lipinski definition) is 4. The Balaban J connectivity index is 1.31. The normalized spacial score (nSPS) is 21.4. The molecular weight excluding hydrogens is 335 g/mol. The molecule has 0 bridgehead atoms. The summed E-state index contributed by atoms with van der Waals surface area (Å²) in [5.41, 5.74) is 7.16. The summed E-state index contributed by atoms with van der Waals surface area (Å²) in [6.07, 6.45) is 3.39. The van der Waals surface area contributed by atoms with Crippen molar-refractivity contribution in [2.45, 2.75) is 25.4 Å². The first-order valence-corrected chi connectivity index (χ1v) is 9.47. The van der Waals surface area contributed by atoms with Gasteiger partial charge in [-0.3, -0.25) is 4.99 Å². The summed E-state index contributed by atoms with van der Waals surface area (Å²) >= 11 is 0. The van der Waals surface area contributed by atoms with Gasteiger partial charge in [0.25, 0.3) is 0 Å². The van der Waals surface area contributed by atoms with Gasteiger partial charge in [-0.05, 0) is 43.5 Å². The van der Waals surface area contributed by atoms with E-state index in [1.165, 1.54) is 12.1 Å². The van der Waals surface area contributed by atoms with E-state index in [0.29, 0.717) is 25.7 Å². The largest absolute Gasteiger partial charge is 0.379 e. The van der Waals surface area contributed by atoms with Crippen molar-refractivity contribution in [2.24, 2.45) is 10.7 Å². The van der Waals surface area contributed by atoms with Crippen LogP contribution in [0, 0.1) is 5.82 Å². The minimum atomic E-state index is -0.205. The summed E-state index contributed by atoms with van der Waals surface area (Å²) in [4.78, 5) is 8.81. The Bertz CT molecular complexity index is 567. The highest BCUT2D eigenvalue weighted by Crippen LogP contribution is 2.16. The lowest BCUT2D eigenvalue weighted by Gasteiger charge is -2.36. The van der Waals surface area contributed by atoms with Crippen LogP contribution in [0.5, 0.6) is 0 Å². The van der Waals surface area contributed by atoms with Gasteiger partial charge in [-0.1, -0.05) is 0 Å². The Morgan fingerprint density at radius 1 is 1.23 bits per heavy atom. The molecule has 2 saturated heterocycles. The van der Waals surface area contributed by atoms with Crippen molar-refractivity contribution >= 4 is 11.6 Å². The molecule has 6 nitrogen and oxygen atoms in total. The Kier molecular flexibility index (Phi) is 7.08. The zero-order valence-corrected chi connectivity index (χ0v) is 15.3. The van der Waals surface area contributed by atoms with E-state index in [2.05, 4.69) is 14.8 Å². The first-order chi connectivity index (χ1) is 12.7. The van der Waals surface area contributed by atoms with Gasteiger partial charge in [0.2, 0.25) is 0 Å². The zero-order valence-electron chi connectivity index (χ0n) is 15.3. The molecule has 26 heavy (non-hydrogen) atoms. The average molecular weight is 364 g/mol. The third kappa shape index (κ3) is 5.57. The smallest absolute Gasteiger partial charge is 0.191 e. The second-order valence-corrected chi connectivity index (χ2v) is 6.75. The highest BCUT2D eigenvalue weighted by molar-refractivity contribution is 5.78. The van der Waals surface area contributed by atoms with Crippen molar-refractivity contribution in [1.82, 2.24) is 4.90 Å². The standard InChI is InChI=1S/C19H29FN4O2/c20-16-4-6-17(7-5-16)23-9-11-24(12-10-23)19(21)22-8-2-13-25-15-18-3-1-14-26-18/h4-7,18H,1-3,8-15H2,(H2,21,22). The monoisotopic (exact) mass is 364 g/mol. The van der Waals surface area contributed by atoms with Gasteiger partial charge in [0.05, 0.1) is 12.7 Å². The van der Waals surface area contributed by atoms with Crippen molar-refractivity contribution < 1.29 is 13.9 Å². The molecule has 7 heteroatoms. The van der Waals surface area contributed by atoms with Crippen LogP contribution >= 0.6 is 0 Å². The van der Waals surface area contributed by atoms with E-state index in [-0.39, 0.29) is 11.9 Å². The molecule has 0 amide bonds. The summed E-state index contributed by atoms with van der Waals surface area (Å²) in [6.45, 7) is 6.27. The van der Waals surface area contributed by atoms with Gasteiger partial charge in [-0.25, -0.2) is 4.39 Å². The van der Waals surface area contributed by atoms with Gasteiger partial charge in [0, 0.05) is 51.6 Å². The summed E-state index contributed by atoms with van der Waals surface area (Å²) in [7, 11) is 0. The van der Waals surface area contributed by atoms with Gasteiger partial charge in [0.15, 0.2) is 5.96 Å². The number of benzene rings is 1. The van der Waals surface area contributed by atoms with Crippen LogP contribution in [0.4, 0.5) is 10.1 Å². The molecular formula is C19H29FN4O2. The first kappa shape index (κ1) is 18.9. The Hall–Kier alpha value is -1.86. The van der Waals surface area contributed by atoms with E-state index >= 15 is 0 Å². The maximum Gasteiger partial charge on any atom is 0.191 e. The van der Waals surface area contributed by atoms with Crippen molar-refractivity contribution in [3.05, 3.63) is 30.1 Å². The van der Waals surface area contributed by atoms with E-state index < -0.39 is 0 Å². The second-order valence-electron chi connectivity index (χ2n) is 6.75. The first-order valence-electron chi connectivity index (χ1n) is 9.47. The number of anilines is 1. The van der Waals surface area contributed by atoms with Gasteiger partial charge < -0.3 is 25.0 Å². The summed E-state index contributed by atoms with van der Waals surface area (Å²) in [5, 5.41) is 0. The van der Waals surface area contributed by atoms with Crippen molar-refractivity contribution in [3.8, 4) is 0 Å². The van der Waals surface area contributed by atoms with Crippen LogP contribution in [0.1, 0.15) is 19.3 Å². The predicted octanol–water partition coefficient (Wildman–Crippen LogP) is 1.85. The summed E-state index contributed by atoms with van der Waals surface area (Å²) in [6, 6.07) is 6.63. The molecule has 1 aromatic rings. The van der Waals surface area contributed by atoms with Crippen LogP contribution in [0.25, 0.3) is 0 Å². The van der Waals surface area contributed by atoms with Crippen LogP contribution in [0.3, 0.4) is 0 Å². The minimum Gasteiger partial charge on any atom is -0.379 e. The van der Waals surface area contributed by atoms with Crippen LogP contribution in [-0.2, 0) is 9.47 Å². The highest BCUT2D eigenvalue weighted by Gasteiger charge is 2.18. The lowest BCUT2D eigenvalue weighted by Crippen LogP contribution is -2.51. The van der Waals surface area contributed by atoms with Crippen LogP contribution in [0.15, 0.2) is 29.3 Å². The molecule has 2 aliphatic rings. The molecule has 0 spiro atoms.